The van der Waals surface area contributed by atoms with Crippen LogP contribution in [0.1, 0.15) is 33.9 Å². The van der Waals surface area contributed by atoms with Gasteiger partial charge in [0.05, 0.1) is 5.69 Å². The van der Waals surface area contributed by atoms with Crippen molar-refractivity contribution in [2.45, 2.75) is 19.9 Å². The summed E-state index contributed by atoms with van der Waals surface area (Å²) in [5.74, 6) is 0.238. The first-order valence-corrected chi connectivity index (χ1v) is 8.15. The summed E-state index contributed by atoms with van der Waals surface area (Å²) in [5.41, 5.74) is 14.2. The number of aryl methyl sites for hydroxylation is 1. The monoisotopic (exact) mass is 382 g/mol. The van der Waals surface area contributed by atoms with Crippen LogP contribution in [0, 0.1) is 36.6 Å². The average molecular weight is 383 g/mol. The normalized spacial score (nSPS) is 15.0. The summed E-state index contributed by atoms with van der Waals surface area (Å²) in [4.78, 5) is 8.60. The van der Waals surface area contributed by atoms with Gasteiger partial charge in [0.2, 0.25) is 5.96 Å². The molecule has 0 amide bonds. The highest BCUT2D eigenvalue weighted by molar-refractivity contribution is 6.32. The van der Waals surface area contributed by atoms with E-state index < -0.39 is 6.04 Å². The number of benzene rings is 1. The minimum atomic E-state index is -0.851. The number of phenolic OH excluding ortho intramolecular Hbond substituents is 1. The number of aliphatic imine (C=N–C) groups is 1. The number of rotatable bonds is 1. The van der Waals surface area contributed by atoms with Gasteiger partial charge in [0, 0.05) is 16.1 Å². The van der Waals surface area contributed by atoms with E-state index in [2.05, 4.69) is 20.6 Å². The molecule has 0 fully saturated rings. The topological polar surface area (TPSA) is 169 Å². The van der Waals surface area contributed by atoms with Gasteiger partial charge >= 0.3 is 0 Å². The van der Waals surface area contributed by atoms with Crippen LogP contribution in [0.3, 0.4) is 0 Å². The molecular formula is C17H15ClN8O. The number of nitrogens with two attached hydrogens (primary N) is 2. The van der Waals surface area contributed by atoms with Crippen LogP contribution >= 0.6 is 11.6 Å². The second kappa shape index (κ2) is 6.56. The number of nitrogens with one attached hydrogen (secondary N) is 2. The summed E-state index contributed by atoms with van der Waals surface area (Å²) in [6.45, 7) is 3.51. The first-order chi connectivity index (χ1) is 12.8. The maximum atomic E-state index is 10.6. The van der Waals surface area contributed by atoms with Crippen molar-refractivity contribution in [3.8, 4) is 18.0 Å². The average Bonchev–Trinajstić information content (AvgIpc) is 2.60. The zero-order chi connectivity index (χ0) is 19.9. The first-order valence-electron chi connectivity index (χ1n) is 7.77. The lowest BCUT2D eigenvalue weighted by atomic mass is 9.90. The molecule has 0 saturated carbocycles. The third-order valence-corrected chi connectivity index (χ3v) is 4.92. The summed E-state index contributed by atoms with van der Waals surface area (Å²) in [6.07, 6.45) is 1.77. The van der Waals surface area contributed by atoms with Crippen molar-refractivity contribution in [1.29, 1.82) is 10.5 Å². The standard InChI is InChI=1S/C17H15ClN8O/c1-6-3-9(27)10(7(2)12(6)18)14-11-13(21)8(4-19)15(22)25-16(11)26-17(24-14)23-5-20/h3,14,27H,1-2H3,(H6,21,22,23,24,25,26). The molecule has 1 aliphatic rings. The van der Waals surface area contributed by atoms with Gasteiger partial charge in [-0.2, -0.15) is 10.5 Å². The van der Waals surface area contributed by atoms with Crippen molar-refractivity contribution in [3.63, 3.8) is 0 Å². The molecule has 3 rings (SSSR count). The highest BCUT2D eigenvalue weighted by Crippen LogP contribution is 2.45. The van der Waals surface area contributed by atoms with E-state index in [1.165, 1.54) is 6.07 Å². The van der Waals surface area contributed by atoms with E-state index in [-0.39, 0.29) is 34.6 Å². The SMILES string of the molecule is Cc1cc(O)c(C2N=C(NC#N)Nc3nc(N)c(C#N)c(N)c32)c(C)c1Cl. The lowest BCUT2D eigenvalue weighted by Crippen LogP contribution is -2.33. The number of nitriles is 2. The fourth-order valence-corrected chi connectivity index (χ4v) is 3.24. The van der Waals surface area contributed by atoms with E-state index >= 15 is 0 Å². The van der Waals surface area contributed by atoms with Crippen LogP contribution in [0.2, 0.25) is 5.02 Å². The van der Waals surface area contributed by atoms with Crippen LogP contribution < -0.4 is 22.1 Å². The number of guanidine groups is 1. The molecule has 27 heavy (non-hydrogen) atoms. The molecule has 0 saturated heterocycles. The van der Waals surface area contributed by atoms with Gasteiger partial charge in [0.1, 0.15) is 35.1 Å². The number of aromatic hydroxyl groups is 1. The number of anilines is 3. The van der Waals surface area contributed by atoms with E-state index in [0.29, 0.717) is 27.3 Å². The smallest absolute Gasteiger partial charge is 0.211 e. The molecule has 2 heterocycles. The minimum Gasteiger partial charge on any atom is -0.508 e. The van der Waals surface area contributed by atoms with Crippen molar-refractivity contribution in [2.24, 2.45) is 4.99 Å². The number of nitrogens with zero attached hydrogens (tertiary/aromatic N) is 4. The quantitative estimate of drug-likeness (QED) is 0.368. The van der Waals surface area contributed by atoms with Gasteiger partial charge in [0.15, 0.2) is 6.19 Å². The molecule has 1 atom stereocenters. The van der Waals surface area contributed by atoms with Gasteiger partial charge in [0.25, 0.3) is 0 Å². The molecule has 9 nitrogen and oxygen atoms in total. The Kier molecular flexibility index (Phi) is 4.40. The van der Waals surface area contributed by atoms with Gasteiger partial charge in [-0.25, -0.2) is 9.98 Å². The highest BCUT2D eigenvalue weighted by Gasteiger charge is 2.32. The fourth-order valence-electron chi connectivity index (χ4n) is 3.09. The number of hydrogen-bond donors (Lipinski definition) is 5. The fraction of sp³-hybridized carbons (Fsp3) is 0.176. The Morgan fingerprint density at radius 1 is 1.30 bits per heavy atom. The molecular weight excluding hydrogens is 368 g/mol. The second-order valence-corrected chi connectivity index (χ2v) is 6.35. The van der Waals surface area contributed by atoms with Crippen LogP contribution in [-0.4, -0.2) is 16.1 Å². The van der Waals surface area contributed by atoms with Gasteiger partial charge < -0.3 is 21.9 Å². The Morgan fingerprint density at radius 2 is 2.00 bits per heavy atom. The summed E-state index contributed by atoms with van der Waals surface area (Å²) < 4.78 is 0. The molecule has 1 aromatic heterocycles. The van der Waals surface area contributed by atoms with Crippen LogP contribution in [-0.2, 0) is 0 Å². The summed E-state index contributed by atoms with van der Waals surface area (Å²) in [6, 6.07) is 2.59. The molecule has 0 spiro atoms. The Morgan fingerprint density at radius 3 is 2.63 bits per heavy atom. The van der Waals surface area contributed by atoms with Crippen molar-refractivity contribution >= 4 is 34.9 Å². The molecule has 1 aromatic carbocycles. The van der Waals surface area contributed by atoms with Gasteiger partial charge in [-0.05, 0) is 31.0 Å². The first kappa shape index (κ1) is 18.1. The van der Waals surface area contributed by atoms with E-state index in [1.54, 1.807) is 20.0 Å². The zero-order valence-electron chi connectivity index (χ0n) is 14.4. The van der Waals surface area contributed by atoms with Gasteiger partial charge in [-0.3, -0.25) is 5.32 Å². The van der Waals surface area contributed by atoms with Crippen LogP contribution in [0.15, 0.2) is 11.1 Å². The largest absolute Gasteiger partial charge is 0.508 e. The summed E-state index contributed by atoms with van der Waals surface area (Å²) >= 11 is 6.36. The van der Waals surface area contributed by atoms with E-state index in [9.17, 15) is 10.4 Å². The van der Waals surface area contributed by atoms with Crippen molar-refractivity contribution < 1.29 is 5.11 Å². The second-order valence-electron chi connectivity index (χ2n) is 5.97. The molecule has 2 aromatic rings. The third-order valence-electron chi connectivity index (χ3n) is 4.34. The van der Waals surface area contributed by atoms with Crippen LogP contribution in [0.5, 0.6) is 5.75 Å². The maximum Gasteiger partial charge on any atom is 0.211 e. The van der Waals surface area contributed by atoms with E-state index in [1.807, 2.05) is 6.07 Å². The van der Waals surface area contributed by atoms with Crippen LogP contribution in [0.4, 0.5) is 17.3 Å². The van der Waals surface area contributed by atoms with Crippen molar-refractivity contribution in [3.05, 3.63) is 38.9 Å². The number of hydrogen-bond acceptors (Lipinski definition) is 9. The molecule has 1 unspecified atom stereocenters. The molecule has 10 heteroatoms. The predicted molar refractivity (Wildman–Crippen MR) is 102 cm³/mol. The van der Waals surface area contributed by atoms with Crippen molar-refractivity contribution in [1.82, 2.24) is 10.3 Å². The molecule has 1 aliphatic heterocycles. The molecule has 0 bridgehead atoms. The molecule has 0 aliphatic carbocycles. The number of fused-ring (bicyclic) bond motifs is 1. The Labute approximate surface area is 159 Å². The molecule has 136 valence electrons. The van der Waals surface area contributed by atoms with E-state index in [4.69, 9.17) is 28.3 Å². The minimum absolute atomic E-state index is 0.0165. The number of pyridine rings is 1. The molecule has 7 N–H and O–H groups in total. The van der Waals surface area contributed by atoms with Gasteiger partial charge in [-0.1, -0.05) is 11.6 Å². The summed E-state index contributed by atoms with van der Waals surface area (Å²) in [5, 5.41) is 34.6. The Balaban J connectivity index is 2.36. The maximum absolute atomic E-state index is 10.6. The number of phenols is 1. The lowest BCUT2D eigenvalue weighted by Gasteiger charge is -2.28. The van der Waals surface area contributed by atoms with Crippen LogP contribution in [0.25, 0.3) is 0 Å². The number of nitrogen functional groups attached to an aromatic ring is 2. The Bertz CT molecular complexity index is 1080. The highest BCUT2D eigenvalue weighted by atomic mass is 35.5. The third kappa shape index (κ3) is 2.80. The molecule has 0 radical (unpaired) electrons. The number of aromatic nitrogens is 1. The van der Waals surface area contributed by atoms with Gasteiger partial charge in [-0.15, -0.1) is 0 Å². The zero-order valence-corrected chi connectivity index (χ0v) is 15.2. The van der Waals surface area contributed by atoms with E-state index in [0.717, 1.165) is 0 Å². The predicted octanol–water partition coefficient (Wildman–Crippen LogP) is 2.04. The Hall–Kier alpha value is -3.69. The summed E-state index contributed by atoms with van der Waals surface area (Å²) in [7, 11) is 0. The number of halogens is 1. The van der Waals surface area contributed by atoms with Crippen molar-refractivity contribution in [2.75, 3.05) is 16.8 Å². The lowest BCUT2D eigenvalue weighted by molar-refractivity contribution is 0.464.